The molecule has 0 amide bonds. The third kappa shape index (κ3) is 3.18. The molecule has 2 atom stereocenters. The third-order valence-electron chi connectivity index (χ3n) is 2.89. The van der Waals surface area contributed by atoms with Gasteiger partial charge in [0.25, 0.3) is 0 Å². The molecule has 1 aliphatic rings. The lowest BCUT2D eigenvalue weighted by atomic mass is 9.94. The van der Waals surface area contributed by atoms with Crippen molar-refractivity contribution in [1.82, 2.24) is 4.98 Å². The van der Waals surface area contributed by atoms with Crippen LogP contribution in [0.25, 0.3) is 0 Å². The number of alkyl halides is 1. The fourth-order valence-electron chi connectivity index (χ4n) is 1.96. The van der Waals surface area contributed by atoms with E-state index in [0.29, 0.717) is 5.92 Å². The van der Waals surface area contributed by atoms with Crippen LogP contribution in [0.4, 0.5) is 0 Å². The largest absolute Gasteiger partial charge is 0.381 e. The van der Waals surface area contributed by atoms with E-state index in [9.17, 15) is 0 Å². The summed E-state index contributed by atoms with van der Waals surface area (Å²) >= 11 is 6.39. The molecule has 0 saturated carbocycles. The number of ether oxygens (including phenoxy) is 1. The van der Waals surface area contributed by atoms with Crippen molar-refractivity contribution in [2.24, 2.45) is 5.92 Å². The fraction of sp³-hybridized carbons (Fsp3) is 0.583. The Balaban J connectivity index is 1.88. The summed E-state index contributed by atoms with van der Waals surface area (Å²) in [5.41, 5.74) is 1.26. The van der Waals surface area contributed by atoms with E-state index in [4.69, 9.17) is 16.3 Å². The molecule has 1 aromatic heterocycles. The van der Waals surface area contributed by atoms with Gasteiger partial charge in [0.05, 0.1) is 6.61 Å². The van der Waals surface area contributed by atoms with Crippen LogP contribution >= 0.6 is 11.6 Å². The van der Waals surface area contributed by atoms with Crippen molar-refractivity contribution < 1.29 is 4.74 Å². The van der Waals surface area contributed by atoms with Gasteiger partial charge in [0.1, 0.15) is 0 Å². The van der Waals surface area contributed by atoms with Gasteiger partial charge in [-0.3, -0.25) is 4.98 Å². The molecule has 3 heteroatoms. The number of aromatic nitrogens is 1. The smallest absolute Gasteiger partial charge is 0.0508 e. The van der Waals surface area contributed by atoms with Crippen molar-refractivity contribution in [3.8, 4) is 0 Å². The minimum Gasteiger partial charge on any atom is -0.381 e. The lowest BCUT2D eigenvalue weighted by Gasteiger charge is -2.26. The summed E-state index contributed by atoms with van der Waals surface area (Å²) in [6.07, 6.45) is 6.88. The summed E-state index contributed by atoms with van der Waals surface area (Å²) < 4.78 is 5.44. The zero-order valence-corrected chi connectivity index (χ0v) is 9.49. The number of halogens is 1. The minimum absolute atomic E-state index is 0.188. The molecule has 1 aliphatic heterocycles. The molecule has 1 fully saturated rings. The maximum Gasteiger partial charge on any atom is 0.0508 e. The number of hydrogen-bond acceptors (Lipinski definition) is 2. The van der Waals surface area contributed by atoms with Gasteiger partial charge < -0.3 is 4.74 Å². The van der Waals surface area contributed by atoms with E-state index in [1.807, 2.05) is 24.5 Å². The molecule has 1 saturated heterocycles. The van der Waals surface area contributed by atoms with Crippen molar-refractivity contribution in [2.75, 3.05) is 13.2 Å². The van der Waals surface area contributed by atoms with Crippen LogP contribution in [0.2, 0.25) is 0 Å². The number of hydrogen-bond donors (Lipinski definition) is 0. The van der Waals surface area contributed by atoms with Gasteiger partial charge in [0.2, 0.25) is 0 Å². The Morgan fingerprint density at radius 3 is 2.93 bits per heavy atom. The molecule has 0 radical (unpaired) electrons. The van der Waals surface area contributed by atoms with Gasteiger partial charge in [-0.05, 0) is 42.9 Å². The van der Waals surface area contributed by atoms with Crippen LogP contribution in [-0.4, -0.2) is 23.6 Å². The third-order valence-corrected chi connectivity index (χ3v) is 3.40. The zero-order valence-electron chi connectivity index (χ0n) is 8.73. The number of pyridine rings is 1. The highest BCUT2D eigenvalue weighted by Gasteiger charge is 2.22. The molecular formula is C12H16ClNO. The molecule has 2 heterocycles. The molecule has 2 rings (SSSR count). The second-order valence-electron chi connectivity index (χ2n) is 4.05. The summed E-state index contributed by atoms with van der Waals surface area (Å²) in [6.45, 7) is 1.72. The summed E-state index contributed by atoms with van der Waals surface area (Å²) in [4.78, 5) is 4.00. The van der Waals surface area contributed by atoms with Gasteiger partial charge in [0, 0.05) is 24.4 Å². The van der Waals surface area contributed by atoms with E-state index in [0.717, 1.165) is 26.1 Å². The van der Waals surface area contributed by atoms with Crippen LogP contribution in [0.3, 0.4) is 0 Å². The Labute approximate surface area is 95.6 Å². The molecule has 0 spiro atoms. The highest BCUT2D eigenvalue weighted by molar-refractivity contribution is 6.20. The van der Waals surface area contributed by atoms with Crippen LogP contribution < -0.4 is 0 Å². The van der Waals surface area contributed by atoms with Gasteiger partial charge in [-0.15, -0.1) is 11.6 Å². The second-order valence-corrected chi connectivity index (χ2v) is 4.61. The Kier molecular flexibility index (Phi) is 3.98. The van der Waals surface area contributed by atoms with E-state index in [2.05, 4.69) is 4.98 Å². The maximum atomic E-state index is 6.39. The standard InChI is InChI=1S/C12H16ClNO/c13-12(11-2-1-7-15-9-11)8-10-3-5-14-6-4-10/h3-6,11-12H,1-2,7-9H2. The van der Waals surface area contributed by atoms with E-state index < -0.39 is 0 Å². The summed E-state index contributed by atoms with van der Waals surface area (Å²) in [5, 5.41) is 0.188. The fourth-order valence-corrected chi connectivity index (χ4v) is 2.34. The first-order chi connectivity index (χ1) is 7.36. The lowest BCUT2D eigenvalue weighted by Crippen LogP contribution is -2.27. The Bertz CT molecular complexity index is 285. The van der Waals surface area contributed by atoms with Crippen molar-refractivity contribution in [3.63, 3.8) is 0 Å². The van der Waals surface area contributed by atoms with Crippen molar-refractivity contribution >= 4 is 11.6 Å². The molecule has 0 bridgehead atoms. The van der Waals surface area contributed by atoms with E-state index in [1.165, 1.54) is 12.0 Å². The molecule has 1 aromatic rings. The molecule has 15 heavy (non-hydrogen) atoms. The Morgan fingerprint density at radius 2 is 2.27 bits per heavy atom. The van der Waals surface area contributed by atoms with Gasteiger partial charge in [-0.2, -0.15) is 0 Å². The molecular weight excluding hydrogens is 210 g/mol. The number of nitrogens with zero attached hydrogens (tertiary/aromatic N) is 1. The Hall–Kier alpha value is -0.600. The first kappa shape index (κ1) is 10.9. The predicted molar refractivity (Wildman–Crippen MR) is 61.1 cm³/mol. The van der Waals surface area contributed by atoms with Crippen LogP contribution in [0.1, 0.15) is 18.4 Å². The zero-order chi connectivity index (χ0) is 10.5. The topological polar surface area (TPSA) is 22.1 Å². The Morgan fingerprint density at radius 1 is 1.47 bits per heavy atom. The van der Waals surface area contributed by atoms with Crippen molar-refractivity contribution in [1.29, 1.82) is 0 Å². The average molecular weight is 226 g/mol. The van der Waals surface area contributed by atoms with Gasteiger partial charge >= 0.3 is 0 Å². The quantitative estimate of drug-likeness (QED) is 0.738. The first-order valence-electron chi connectivity index (χ1n) is 5.47. The highest BCUT2D eigenvalue weighted by Crippen LogP contribution is 2.24. The van der Waals surface area contributed by atoms with Gasteiger partial charge in [0.15, 0.2) is 0 Å². The van der Waals surface area contributed by atoms with Crippen LogP contribution in [0, 0.1) is 5.92 Å². The van der Waals surface area contributed by atoms with E-state index >= 15 is 0 Å². The molecule has 2 nitrogen and oxygen atoms in total. The average Bonchev–Trinajstić information content (AvgIpc) is 2.31. The minimum atomic E-state index is 0.188. The summed E-state index contributed by atoms with van der Waals surface area (Å²) in [6, 6.07) is 4.05. The molecule has 82 valence electrons. The predicted octanol–water partition coefficient (Wildman–Crippen LogP) is 2.66. The number of rotatable bonds is 3. The first-order valence-corrected chi connectivity index (χ1v) is 5.90. The van der Waals surface area contributed by atoms with E-state index in [-0.39, 0.29) is 5.38 Å². The van der Waals surface area contributed by atoms with Gasteiger partial charge in [-0.25, -0.2) is 0 Å². The maximum absolute atomic E-state index is 6.39. The highest BCUT2D eigenvalue weighted by atomic mass is 35.5. The SMILES string of the molecule is ClC(Cc1ccncc1)C1CCCOC1. The molecule has 2 unspecified atom stereocenters. The van der Waals surface area contributed by atoms with Crippen LogP contribution in [0.15, 0.2) is 24.5 Å². The molecule has 0 N–H and O–H groups in total. The normalized spacial score (nSPS) is 23.7. The van der Waals surface area contributed by atoms with Crippen LogP contribution in [-0.2, 0) is 11.2 Å². The van der Waals surface area contributed by atoms with Crippen LogP contribution in [0.5, 0.6) is 0 Å². The summed E-state index contributed by atoms with van der Waals surface area (Å²) in [7, 11) is 0. The summed E-state index contributed by atoms with van der Waals surface area (Å²) in [5.74, 6) is 0.508. The second kappa shape index (κ2) is 5.47. The molecule has 0 aromatic carbocycles. The monoisotopic (exact) mass is 225 g/mol. The van der Waals surface area contributed by atoms with Crippen molar-refractivity contribution in [3.05, 3.63) is 30.1 Å². The van der Waals surface area contributed by atoms with E-state index in [1.54, 1.807) is 0 Å². The van der Waals surface area contributed by atoms with Gasteiger partial charge in [-0.1, -0.05) is 0 Å². The van der Waals surface area contributed by atoms with Crippen molar-refractivity contribution in [2.45, 2.75) is 24.6 Å². The molecule has 0 aliphatic carbocycles. The lowest BCUT2D eigenvalue weighted by molar-refractivity contribution is 0.0533.